The van der Waals surface area contributed by atoms with Crippen LogP contribution in [0.1, 0.15) is 62.5 Å². The van der Waals surface area contributed by atoms with Crippen LogP contribution < -0.4 is 25.1 Å². The summed E-state index contributed by atoms with van der Waals surface area (Å²) in [5.74, 6) is -6.60. The van der Waals surface area contributed by atoms with E-state index in [1.54, 1.807) is 24.3 Å². The molecule has 4 aromatic heterocycles. The number of halogens is 10. The fraction of sp³-hybridized carbons (Fsp3) is 0.375. The van der Waals surface area contributed by atoms with Gasteiger partial charge in [-0.05, 0) is 116 Å². The first kappa shape index (κ1) is 64.7. The number of benzene rings is 3. The van der Waals surface area contributed by atoms with Crippen LogP contribution >= 0.6 is 0 Å². The zero-order chi connectivity index (χ0) is 59.0. The molecule has 16 nitrogen and oxygen atoms in total. The first-order valence-electron chi connectivity index (χ1n) is 25.8. The fourth-order valence-electron chi connectivity index (χ4n) is 9.66. The van der Waals surface area contributed by atoms with Crippen molar-refractivity contribution in [2.75, 3.05) is 72.0 Å². The molecule has 0 bridgehead atoms. The minimum atomic E-state index is -4.83. The van der Waals surface area contributed by atoms with Gasteiger partial charge in [-0.1, -0.05) is 30.3 Å². The van der Waals surface area contributed by atoms with Gasteiger partial charge in [0.25, 0.3) is 0 Å². The number of aliphatic hydroxyl groups is 3. The number of hydrogen-bond donors (Lipinski definition) is 3. The van der Waals surface area contributed by atoms with E-state index in [1.807, 2.05) is 73.9 Å². The van der Waals surface area contributed by atoms with E-state index in [9.17, 15) is 50.4 Å². The Morgan fingerprint density at radius 3 is 1.45 bits per heavy atom. The molecule has 3 atom stereocenters. The molecule has 84 heavy (non-hydrogen) atoms. The van der Waals surface area contributed by atoms with Gasteiger partial charge < -0.3 is 51.7 Å². The van der Waals surface area contributed by atoms with E-state index in [4.69, 9.17) is 9.31 Å². The molecule has 0 aliphatic carbocycles. The van der Waals surface area contributed by atoms with Crippen LogP contribution in [-0.4, -0.2) is 134 Å². The van der Waals surface area contributed by atoms with Crippen molar-refractivity contribution in [1.29, 1.82) is 0 Å². The molecule has 7 aromatic rings. The number of hydrogen-bond acceptors (Lipinski definition) is 15. The average molecular weight is 1220 g/mol. The number of pyridine rings is 3. The van der Waals surface area contributed by atoms with E-state index in [0.29, 0.717) is 67.8 Å². The maximum absolute atomic E-state index is 16.1. The summed E-state index contributed by atoms with van der Waals surface area (Å²) in [7, 11) is -0.408. The summed E-state index contributed by atoms with van der Waals surface area (Å²) in [6.07, 6.45) is -10.1. The smallest absolute Gasteiger partial charge is 0.399 e. The van der Waals surface area contributed by atoms with Crippen molar-refractivity contribution in [3.05, 3.63) is 170 Å². The van der Waals surface area contributed by atoms with Crippen molar-refractivity contribution in [2.45, 2.75) is 81.5 Å². The van der Waals surface area contributed by atoms with Gasteiger partial charge in [-0.25, -0.2) is 13.5 Å². The van der Waals surface area contributed by atoms with Crippen LogP contribution in [0.25, 0.3) is 11.1 Å². The molecule has 3 N–H and O–H groups in total. The molecular weight excluding hydrogens is 1160 g/mol. The standard InChI is InChI=1S/C32H27F7N8O2.C23H29BF3N3O3.CH3.V/c33-22-4-7-25(26(34)15-22)30(49,18-47-19-42-43-44-47)31(35,36)28-8-3-21(17-41-28)20-1-5-23(6-2-20)45-11-13-46(14-12-45)24-9-10-40-27(16-24)29(48)32(37,38)39;1-21(2)22(3,4)33-24(32-21)16-5-7-17(8-6-16)29-11-13-30(14-12-29)18-9-10-28-19(15-18)20(31)23(25,26)27;;/h1-10,15-17,19,29,48-49H,11-14,18H2;5-10,15,20,31H,11-14H2,1-4H3;1H3;/q;;-1;/t29?,30-;;;/m0.../s1. The van der Waals surface area contributed by atoms with E-state index < -0.39 is 89.5 Å². The first-order chi connectivity index (χ1) is 38.6. The fourth-order valence-corrected chi connectivity index (χ4v) is 9.66. The van der Waals surface area contributed by atoms with Gasteiger partial charge in [-0.15, -0.1) is 5.10 Å². The number of tetrazole rings is 1. The largest absolute Gasteiger partial charge is 0.494 e. The Morgan fingerprint density at radius 1 is 0.583 bits per heavy atom. The molecule has 3 aliphatic heterocycles. The van der Waals surface area contributed by atoms with Gasteiger partial charge in [-0.2, -0.15) is 35.1 Å². The Balaban J connectivity index is 0.000000253. The SMILES string of the molecule is CC1(C)OB(c2ccc(N3CCN(c4ccnc(C(O)C(F)(F)F)c4)CC3)cc2)OC1(C)C.OC(c1cc(N2CCN(c3ccc(-c4ccc(C(F)(F)[C@](O)(Cn5cnnn5)c5ccc(F)cc5F)nc4)cc3)CC2)ccn1)C(F)(F)F.[CH3-].[V]. The van der Waals surface area contributed by atoms with Gasteiger partial charge in [0, 0.05) is 129 Å². The van der Waals surface area contributed by atoms with Gasteiger partial charge in [0.15, 0.2) is 17.8 Å². The summed E-state index contributed by atoms with van der Waals surface area (Å²) in [5.41, 5.74) is -1.51. The molecule has 0 saturated carbocycles. The maximum Gasteiger partial charge on any atom is 0.494 e. The van der Waals surface area contributed by atoms with E-state index >= 15 is 8.78 Å². The molecule has 2 unspecified atom stereocenters. The summed E-state index contributed by atoms with van der Waals surface area (Å²) in [6.45, 7) is 11.9. The number of anilines is 4. The van der Waals surface area contributed by atoms with Crippen LogP contribution in [0.5, 0.6) is 0 Å². The molecule has 447 valence electrons. The van der Waals surface area contributed by atoms with Crippen molar-refractivity contribution in [1.82, 2.24) is 35.2 Å². The second-order valence-corrected chi connectivity index (χ2v) is 20.9. The quantitative estimate of drug-likeness (QED) is 0.0568. The number of aliphatic hydroxyl groups excluding tert-OH is 2. The Labute approximate surface area is 490 Å². The summed E-state index contributed by atoms with van der Waals surface area (Å²) in [4.78, 5) is 19.5. The summed E-state index contributed by atoms with van der Waals surface area (Å²) < 4.78 is 151. The third kappa shape index (κ3) is 13.9. The van der Waals surface area contributed by atoms with Gasteiger partial charge in [-0.3, -0.25) is 15.0 Å². The Bertz CT molecular complexity index is 3270. The van der Waals surface area contributed by atoms with E-state index in [2.05, 4.69) is 40.3 Å². The molecule has 3 fully saturated rings. The molecule has 1 radical (unpaired) electrons. The molecule has 3 aliphatic rings. The number of nitrogens with zero attached hydrogens (tertiary/aromatic N) is 11. The van der Waals surface area contributed by atoms with Gasteiger partial charge >= 0.3 is 25.4 Å². The first-order valence-corrected chi connectivity index (χ1v) is 25.8. The van der Waals surface area contributed by atoms with Crippen LogP contribution in [0.4, 0.5) is 66.7 Å². The molecule has 0 spiro atoms. The van der Waals surface area contributed by atoms with Crippen molar-refractivity contribution in [3.63, 3.8) is 0 Å². The topological polar surface area (TPSA) is 174 Å². The summed E-state index contributed by atoms with van der Waals surface area (Å²) in [6, 6.07) is 25.4. The zero-order valence-electron chi connectivity index (χ0n) is 46.0. The van der Waals surface area contributed by atoms with Crippen LogP contribution in [0.15, 0.2) is 128 Å². The van der Waals surface area contributed by atoms with Gasteiger partial charge in [0.2, 0.25) is 0 Å². The Morgan fingerprint density at radius 2 is 1.04 bits per heavy atom. The molecular formula is C56H59BF10N11O5V-. The minimum absolute atomic E-state index is 0. The summed E-state index contributed by atoms with van der Waals surface area (Å²) in [5, 5.41) is 40.7. The third-order valence-corrected chi connectivity index (χ3v) is 15.1. The summed E-state index contributed by atoms with van der Waals surface area (Å²) >= 11 is 0. The molecule has 0 amide bonds. The van der Waals surface area contributed by atoms with Crippen molar-refractivity contribution < 1.29 is 87.1 Å². The van der Waals surface area contributed by atoms with E-state index in [0.717, 1.165) is 59.1 Å². The monoisotopic (exact) mass is 1220 g/mol. The molecule has 10 rings (SSSR count). The predicted molar refractivity (Wildman–Crippen MR) is 290 cm³/mol. The minimum Gasteiger partial charge on any atom is -0.399 e. The number of alkyl halides is 8. The Kier molecular flexibility index (Phi) is 19.5. The maximum atomic E-state index is 16.1. The number of piperazine rings is 2. The van der Waals surface area contributed by atoms with Crippen molar-refractivity contribution in [3.8, 4) is 11.1 Å². The van der Waals surface area contributed by atoms with Crippen molar-refractivity contribution in [2.24, 2.45) is 0 Å². The third-order valence-electron chi connectivity index (χ3n) is 15.1. The number of aromatic nitrogens is 7. The second-order valence-electron chi connectivity index (χ2n) is 20.9. The number of rotatable bonds is 13. The predicted octanol–water partition coefficient (Wildman–Crippen LogP) is 8.76. The van der Waals surface area contributed by atoms with Gasteiger partial charge in [0.1, 0.15) is 23.7 Å². The van der Waals surface area contributed by atoms with Gasteiger partial charge in [0.05, 0.1) is 29.1 Å². The van der Waals surface area contributed by atoms with Crippen LogP contribution in [0, 0.1) is 19.1 Å². The zero-order valence-corrected chi connectivity index (χ0v) is 47.4. The van der Waals surface area contributed by atoms with E-state index in [1.165, 1.54) is 36.8 Å². The van der Waals surface area contributed by atoms with Crippen LogP contribution in [0.3, 0.4) is 0 Å². The second kappa shape index (κ2) is 25.4. The molecule has 28 heteroatoms. The van der Waals surface area contributed by atoms with Crippen LogP contribution in [-0.2, 0) is 45.9 Å². The van der Waals surface area contributed by atoms with Crippen molar-refractivity contribution >= 4 is 35.3 Å². The Hall–Kier alpha value is -6.87. The molecule has 3 aromatic carbocycles. The molecule has 3 saturated heterocycles. The normalized spacial score (nSPS) is 17.8. The average Bonchev–Trinajstić information content (AvgIpc) is 3.66. The van der Waals surface area contributed by atoms with E-state index in [-0.39, 0.29) is 31.7 Å². The molecule has 7 heterocycles. The van der Waals surface area contributed by atoms with Crippen LogP contribution in [0.2, 0.25) is 0 Å².